The fourth-order valence-electron chi connectivity index (χ4n) is 2.07. The lowest BCUT2D eigenvalue weighted by Crippen LogP contribution is -2.02. The predicted molar refractivity (Wildman–Crippen MR) is 116 cm³/mol. The third-order valence-electron chi connectivity index (χ3n) is 3.33. The maximum absolute atomic E-state index is 11.0. The Balaban J connectivity index is 0.000000194. The van der Waals surface area contributed by atoms with Crippen LogP contribution in [-0.4, -0.2) is 34.1 Å². The van der Waals surface area contributed by atoms with Crippen LogP contribution in [0.3, 0.4) is 0 Å². The number of carboxylic acid groups (broad SMARTS) is 1. The number of carboxylic acids is 1. The van der Waals surface area contributed by atoms with Crippen LogP contribution in [0.5, 0.6) is 5.75 Å². The van der Waals surface area contributed by atoms with Gasteiger partial charge in [-0.15, -0.1) is 0 Å². The number of nitrogens with zero attached hydrogens (tertiary/aromatic N) is 1. The second kappa shape index (κ2) is 8.53. The number of aromatic carboxylic acids is 1. The minimum Gasteiger partial charge on any atom is -0.506 e. The van der Waals surface area contributed by atoms with Gasteiger partial charge < -0.3 is 15.9 Å². The van der Waals surface area contributed by atoms with E-state index in [1.165, 1.54) is 18.3 Å². The van der Waals surface area contributed by atoms with E-state index in [2.05, 4.69) is 4.98 Å². The largest absolute Gasteiger partial charge is 0.506 e. The fourth-order valence-corrected chi connectivity index (χ4v) is 4.41. The van der Waals surface area contributed by atoms with Crippen molar-refractivity contribution in [3.8, 4) is 5.75 Å². The molecule has 0 spiro atoms. The molecule has 3 aromatic rings. The number of carbonyl (C=O) groups is 1. The van der Waals surface area contributed by atoms with Gasteiger partial charge in [0.15, 0.2) is 0 Å². The van der Waals surface area contributed by atoms with Gasteiger partial charge >= 0.3 is 5.97 Å². The zero-order chi connectivity index (χ0) is 20.4. The Bertz CT molecular complexity index is 1130. The summed E-state index contributed by atoms with van der Waals surface area (Å²) in [6.07, 6.45) is 1.48. The maximum atomic E-state index is 11.0. The number of fused-ring (bicyclic) bond motifs is 1. The third-order valence-corrected chi connectivity index (χ3v) is 6.20. The molecule has 1 aromatic heterocycles. The molecule has 3 rings (SSSR count). The van der Waals surface area contributed by atoms with Crippen LogP contribution >= 0.6 is 45.2 Å². The normalized spacial score (nSPS) is 10.9. The lowest BCUT2D eigenvalue weighted by Gasteiger charge is -2.06. The molecule has 142 valence electrons. The molecule has 0 fully saturated rings. The Labute approximate surface area is 181 Å². The highest BCUT2D eigenvalue weighted by Gasteiger charge is 2.17. The van der Waals surface area contributed by atoms with E-state index in [1.54, 1.807) is 24.3 Å². The SMILES string of the molecule is Nc1c(I)cc(C(=O)O)c(O)c1I.O=S(=O)(O)c1cccc2cccnc12. The van der Waals surface area contributed by atoms with Crippen molar-refractivity contribution in [2.45, 2.75) is 4.90 Å². The molecular weight excluding hydrogens is 602 g/mol. The zero-order valence-corrected chi connectivity index (χ0v) is 18.4. The molecule has 1 heterocycles. The number of nitrogens with two attached hydrogens (primary N) is 1. The van der Waals surface area contributed by atoms with Crippen molar-refractivity contribution in [3.63, 3.8) is 0 Å². The molecule has 11 heteroatoms. The van der Waals surface area contributed by atoms with Crippen molar-refractivity contribution >= 4 is 77.9 Å². The topological polar surface area (TPSA) is 151 Å². The van der Waals surface area contributed by atoms with Crippen LogP contribution in [0.4, 0.5) is 5.69 Å². The number of hydrogen-bond donors (Lipinski definition) is 4. The summed E-state index contributed by atoms with van der Waals surface area (Å²) in [6.45, 7) is 0. The molecule has 8 nitrogen and oxygen atoms in total. The van der Waals surface area contributed by atoms with E-state index in [9.17, 15) is 18.3 Å². The van der Waals surface area contributed by atoms with Crippen LogP contribution in [-0.2, 0) is 10.1 Å². The van der Waals surface area contributed by atoms with Crippen molar-refractivity contribution in [3.05, 3.63) is 55.3 Å². The highest BCUT2D eigenvalue weighted by molar-refractivity contribution is 14.1. The summed E-state index contributed by atoms with van der Waals surface area (Å²) in [5, 5.41) is 18.8. The molecule has 0 saturated carbocycles. The number of hydrogen-bond acceptors (Lipinski definition) is 6. The van der Waals surface area contributed by atoms with Gasteiger partial charge in [-0.25, -0.2) is 4.79 Å². The van der Waals surface area contributed by atoms with Gasteiger partial charge in [0, 0.05) is 15.2 Å². The Morgan fingerprint density at radius 1 is 1.15 bits per heavy atom. The van der Waals surface area contributed by atoms with E-state index in [4.69, 9.17) is 15.4 Å². The second-order valence-corrected chi connectivity index (χ2v) is 8.72. The van der Waals surface area contributed by atoms with Gasteiger partial charge in [-0.3, -0.25) is 9.54 Å². The number of nitrogen functional groups attached to an aromatic ring is 1. The fraction of sp³-hybridized carbons (Fsp3) is 0. The summed E-state index contributed by atoms with van der Waals surface area (Å²) < 4.78 is 31.8. The van der Waals surface area contributed by atoms with Gasteiger partial charge in [0.05, 0.1) is 14.8 Å². The van der Waals surface area contributed by atoms with E-state index in [-0.39, 0.29) is 21.7 Å². The van der Waals surface area contributed by atoms with Crippen LogP contribution in [0.25, 0.3) is 10.9 Å². The lowest BCUT2D eigenvalue weighted by atomic mass is 10.2. The molecule has 0 amide bonds. The highest BCUT2D eigenvalue weighted by Crippen LogP contribution is 2.33. The number of pyridine rings is 1. The number of benzene rings is 2. The molecule has 0 radical (unpaired) electrons. The molecule has 0 aliphatic carbocycles. The van der Waals surface area contributed by atoms with E-state index in [0.29, 0.717) is 18.2 Å². The smallest absolute Gasteiger partial charge is 0.339 e. The summed E-state index contributed by atoms with van der Waals surface area (Å²) in [6, 6.07) is 9.40. The molecule has 0 saturated heterocycles. The van der Waals surface area contributed by atoms with Crippen LogP contribution in [0, 0.1) is 7.14 Å². The molecular formula is C16H12I2N2O6S. The Hall–Kier alpha value is -1.71. The minimum absolute atomic E-state index is 0.122. The van der Waals surface area contributed by atoms with Gasteiger partial charge in [0.2, 0.25) is 0 Å². The van der Waals surface area contributed by atoms with Gasteiger partial charge in [0.25, 0.3) is 10.1 Å². The molecule has 0 aliphatic rings. The average molecular weight is 614 g/mol. The first kappa shape index (κ1) is 21.6. The first-order chi connectivity index (χ1) is 12.5. The van der Waals surface area contributed by atoms with Crippen molar-refractivity contribution in [1.82, 2.24) is 4.98 Å². The molecule has 2 aromatic carbocycles. The molecule has 0 aliphatic heterocycles. The molecule has 27 heavy (non-hydrogen) atoms. The molecule has 5 N–H and O–H groups in total. The van der Waals surface area contributed by atoms with Crippen LogP contribution < -0.4 is 5.73 Å². The minimum atomic E-state index is -4.19. The monoisotopic (exact) mass is 614 g/mol. The van der Waals surface area contributed by atoms with Gasteiger partial charge in [-0.2, -0.15) is 8.42 Å². The Kier molecular flexibility index (Phi) is 6.82. The van der Waals surface area contributed by atoms with Gasteiger partial charge in [-0.05, 0) is 63.4 Å². The van der Waals surface area contributed by atoms with Crippen LogP contribution in [0.15, 0.2) is 47.5 Å². The second-order valence-electron chi connectivity index (χ2n) is 5.09. The summed E-state index contributed by atoms with van der Waals surface area (Å²) >= 11 is 3.73. The van der Waals surface area contributed by atoms with E-state index in [1.807, 2.05) is 45.2 Å². The van der Waals surface area contributed by atoms with E-state index in [0.717, 1.165) is 0 Å². The number of anilines is 1. The Morgan fingerprint density at radius 2 is 1.78 bits per heavy atom. The number of para-hydroxylation sites is 1. The number of aromatic hydroxyl groups is 1. The standard InChI is InChI=1S/C9H7NO3S.C7H5I2NO3/c11-14(12,13)8-5-1-3-7-4-2-6-10-9(7)8;8-3-1-2(7(12)13)6(11)4(9)5(3)10/h1-6H,(H,11,12,13);1,11H,10H2,(H,12,13). The van der Waals surface area contributed by atoms with E-state index >= 15 is 0 Å². The zero-order valence-electron chi connectivity index (χ0n) is 13.3. The van der Waals surface area contributed by atoms with Gasteiger partial charge in [-0.1, -0.05) is 18.2 Å². The van der Waals surface area contributed by atoms with E-state index < -0.39 is 16.1 Å². The van der Waals surface area contributed by atoms with Gasteiger partial charge in [0.1, 0.15) is 16.2 Å². The molecule has 0 atom stereocenters. The summed E-state index contributed by atoms with van der Waals surface area (Å²) in [5.41, 5.74) is 6.16. The highest BCUT2D eigenvalue weighted by atomic mass is 127. The van der Waals surface area contributed by atoms with Crippen molar-refractivity contribution in [1.29, 1.82) is 0 Å². The predicted octanol–water partition coefficient (Wildman–Crippen LogP) is 3.36. The van der Waals surface area contributed by atoms with Crippen molar-refractivity contribution in [2.75, 3.05) is 5.73 Å². The number of rotatable bonds is 2. The Morgan fingerprint density at radius 3 is 2.37 bits per heavy atom. The maximum Gasteiger partial charge on any atom is 0.339 e. The van der Waals surface area contributed by atoms with Crippen molar-refractivity contribution < 1.29 is 28.0 Å². The third kappa shape index (κ3) is 4.97. The first-order valence-electron chi connectivity index (χ1n) is 7.05. The first-order valence-corrected chi connectivity index (χ1v) is 10.6. The van der Waals surface area contributed by atoms with Crippen molar-refractivity contribution in [2.24, 2.45) is 0 Å². The van der Waals surface area contributed by atoms with Crippen LogP contribution in [0.1, 0.15) is 10.4 Å². The number of phenols is 1. The lowest BCUT2D eigenvalue weighted by molar-refractivity contribution is 0.0693. The average Bonchev–Trinajstić information content (AvgIpc) is 2.62. The summed E-state index contributed by atoms with van der Waals surface area (Å²) in [4.78, 5) is 14.4. The van der Waals surface area contributed by atoms with Crippen LogP contribution in [0.2, 0.25) is 0 Å². The number of halogens is 2. The summed E-state index contributed by atoms with van der Waals surface area (Å²) in [5.74, 6) is -1.43. The number of aromatic nitrogens is 1. The quantitative estimate of drug-likeness (QED) is 0.195. The molecule has 0 bridgehead atoms. The molecule has 0 unspecified atom stereocenters. The summed E-state index contributed by atoms with van der Waals surface area (Å²) in [7, 11) is -4.19.